The van der Waals surface area contributed by atoms with Gasteiger partial charge in [0.2, 0.25) is 0 Å². The first-order valence-corrected chi connectivity index (χ1v) is 13.3. The van der Waals surface area contributed by atoms with Crippen molar-refractivity contribution in [3.05, 3.63) is 32.0 Å². The SMILES string of the molecule is CO[C@H]1C(=O)N2C(C(=O)N(C)CC(=O)OC(C)(C)C)=C(CSc3nc(=O)c(=O)[nH]n3C)CS(=O)(=O)C12. The van der Waals surface area contributed by atoms with E-state index < -0.39 is 68.1 Å². The number of β-lactam (4-membered cyclic amide) rings is 1. The molecule has 1 saturated heterocycles. The molecule has 0 aliphatic carbocycles. The number of carbonyl (C=O) groups is 3. The highest BCUT2D eigenvalue weighted by Crippen LogP contribution is 2.39. The summed E-state index contributed by atoms with van der Waals surface area (Å²) >= 11 is 0.895. The zero-order chi connectivity index (χ0) is 27.2. The molecule has 2 aliphatic heterocycles. The van der Waals surface area contributed by atoms with Crippen LogP contribution in [-0.2, 0) is 40.7 Å². The molecule has 1 fully saturated rings. The van der Waals surface area contributed by atoms with Crippen molar-refractivity contribution in [2.45, 2.75) is 43.0 Å². The second-order valence-electron chi connectivity index (χ2n) is 9.25. The molecule has 1 aromatic heterocycles. The largest absolute Gasteiger partial charge is 0.459 e. The Morgan fingerprint density at radius 1 is 1.25 bits per heavy atom. The van der Waals surface area contributed by atoms with Gasteiger partial charge < -0.3 is 14.4 Å². The summed E-state index contributed by atoms with van der Waals surface area (Å²) in [6.07, 6.45) is -1.26. The number of nitrogens with zero attached hydrogens (tertiary/aromatic N) is 4. The number of hydrogen-bond donors (Lipinski definition) is 1. The predicted molar refractivity (Wildman–Crippen MR) is 127 cm³/mol. The van der Waals surface area contributed by atoms with Crippen LogP contribution in [0.1, 0.15) is 20.8 Å². The van der Waals surface area contributed by atoms with Crippen molar-refractivity contribution in [1.82, 2.24) is 24.6 Å². The fourth-order valence-electron chi connectivity index (χ4n) is 3.73. The van der Waals surface area contributed by atoms with Gasteiger partial charge in [-0.05, 0) is 26.3 Å². The van der Waals surface area contributed by atoms with Crippen LogP contribution in [-0.4, -0.2) is 100 Å². The summed E-state index contributed by atoms with van der Waals surface area (Å²) in [7, 11) is 0.0197. The number of methoxy groups -OCH3 is 1. The number of rotatable bonds is 7. The fraction of sp³-hybridized carbons (Fsp3) is 0.600. The van der Waals surface area contributed by atoms with E-state index in [4.69, 9.17) is 9.47 Å². The number of amides is 2. The summed E-state index contributed by atoms with van der Waals surface area (Å²) in [6, 6.07) is 0. The Bertz CT molecular complexity index is 1360. The van der Waals surface area contributed by atoms with E-state index in [0.717, 1.165) is 21.6 Å². The van der Waals surface area contributed by atoms with Crippen LogP contribution in [0.3, 0.4) is 0 Å². The summed E-state index contributed by atoms with van der Waals surface area (Å²) in [5.74, 6) is -2.87. The Hall–Kier alpha value is -2.98. The van der Waals surface area contributed by atoms with Gasteiger partial charge in [0.1, 0.15) is 17.8 Å². The number of aromatic amines is 1. The third-order valence-electron chi connectivity index (χ3n) is 5.23. The number of ether oxygens (including phenoxy) is 2. The molecule has 14 nitrogen and oxygen atoms in total. The Labute approximate surface area is 210 Å². The number of nitrogens with one attached hydrogen (secondary N) is 1. The first-order chi connectivity index (χ1) is 16.6. The van der Waals surface area contributed by atoms with Crippen molar-refractivity contribution in [3.63, 3.8) is 0 Å². The molecule has 198 valence electrons. The lowest BCUT2D eigenvalue weighted by Crippen LogP contribution is -2.71. The molecule has 36 heavy (non-hydrogen) atoms. The molecule has 0 spiro atoms. The molecule has 2 aliphatic rings. The second-order valence-corrected chi connectivity index (χ2v) is 12.3. The van der Waals surface area contributed by atoms with E-state index in [-0.39, 0.29) is 22.2 Å². The molecular formula is C20H27N5O9S2. The van der Waals surface area contributed by atoms with Crippen LogP contribution in [0.4, 0.5) is 0 Å². The van der Waals surface area contributed by atoms with Gasteiger partial charge in [0, 0.05) is 27.0 Å². The van der Waals surface area contributed by atoms with Crippen LogP contribution in [0.2, 0.25) is 0 Å². The second kappa shape index (κ2) is 9.82. The first kappa shape index (κ1) is 27.6. The minimum Gasteiger partial charge on any atom is -0.459 e. The molecule has 0 saturated carbocycles. The quantitative estimate of drug-likeness (QED) is 0.177. The smallest absolute Gasteiger partial charge is 0.339 e. The number of aromatic nitrogens is 3. The van der Waals surface area contributed by atoms with E-state index in [2.05, 4.69) is 10.1 Å². The summed E-state index contributed by atoms with van der Waals surface area (Å²) in [6.45, 7) is 4.57. The topological polar surface area (TPSA) is 178 Å². The molecule has 0 aromatic carbocycles. The lowest BCUT2D eigenvalue weighted by Gasteiger charge is -2.49. The highest BCUT2D eigenvalue weighted by Gasteiger charge is 2.60. The number of esters is 1. The fourth-order valence-corrected chi connectivity index (χ4v) is 6.82. The van der Waals surface area contributed by atoms with Crippen molar-refractivity contribution >= 4 is 39.4 Å². The highest BCUT2D eigenvalue weighted by molar-refractivity contribution is 7.99. The normalized spacial score (nSPS) is 21.1. The standard InChI is InChI=1S/C20H27N5O9S2/c1-20(2,3)34-11(26)7-23(4)16(29)12-10(8-35-19-21-14(27)15(28)22-24(19)5)9-36(31,32)18-13(33-6)17(30)25(12)18/h13,18H,7-9H2,1-6H3,(H,22,28)/t13-,18?/m0/s1. The average Bonchev–Trinajstić information content (AvgIpc) is 2.73. The zero-order valence-electron chi connectivity index (χ0n) is 20.6. The van der Waals surface area contributed by atoms with Crippen molar-refractivity contribution < 1.29 is 32.3 Å². The Kier molecular flexibility index (Phi) is 7.53. The molecule has 2 atom stereocenters. The van der Waals surface area contributed by atoms with Crippen molar-refractivity contribution in [2.75, 3.05) is 32.2 Å². The van der Waals surface area contributed by atoms with Gasteiger partial charge in [0.25, 0.3) is 11.8 Å². The van der Waals surface area contributed by atoms with E-state index >= 15 is 0 Å². The Morgan fingerprint density at radius 2 is 1.89 bits per heavy atom. The van der Waals surface area contributed by atoms with E-state index in [1.807, 2.05) is 0 Å². The van der Waals surface area contributed by atoms with Gasteiger partial charge in [-0.2, -0.15) is 4.98 Å². The number of likely N-dealkylation sites (N-methyl/N-ethyl adjacent to an activating group) is 1. The van der Waals surface area contributed by atoms with Crippen molar-refractivity contribution in [1.29, 1.82) is 0 Å². The molecule has 16 heteroatoms. The predicted octanol–water partition coefficient (Wildman–Crippen LogP) is -1.77. The molecule has 1 unspecified atom stereocenters. The van der Waals surface area contributed by atoms with E-state index in [0.29, 0.717) is 0 Å². The van der Waals surface area contributed by atoms with Crippen LogP contribution in [0.15, 0.2) is 26.0 Å². The number of fused-ring (bicyclic) bond motifs is 1. The summed E-state index contributed by atoms with van der Waals surface area (Å²) in [5.41, 5.74) is -2.87. The molecule has 0 bridgehead atoms. The van der Waals surface area contributed by atoms with Gasteiger partial charge in [-0.25, -0.2) is 8.42 Å². The van der Waals surface area contributed by atoms with E-state index in [1.54, 1.807) is 20.8 Å². The molecular weight excluding hydrogens is 518 g/mol. The van der Waals surface area contributed by atoms with Crippen LogP contribution < -0.4 is 11.1 Å². The Balaban J connectivity index is 1.99. The maximum atomic E-state index is 13.4. The molecule has 3 heterocycles. The molecule has 1 aromatic rings. The first-order valence-electron chi connectivity index (χ1n) is 10.6. The molecule has 0 radical (unpaired) electrons. The van der Waals surface area contributed by atoms with Crippen LogP contribution in [0, 0.1) is 0 Å². The summed E-state index contributed by atoms with van der Waals surface area (Å²) in [5, 5.41) is 0.953. The van der Waals surface area contributed by atoms with E-state index in [9.17, 15) is 32.4 Å². The van der Waals surface area contributed by atoms with Crippen molar-refractivity contribution in [2.24, 2.45) is 7.05 Å². The highest BCUT2D eigenvalue weighted by atomic mass is 32.2. The lowest BCUT2D eigenvalue weighted by atomic mass is 10.0. The molecule has 1 N–H and O–H groups in total. The van der Waals surface area contributed by atoms with Gasteiger partial charge >= 0.3 is 17.1 Å². The number of carbonyl (C=O) groups excluding carboxylic acids is 3. The number of H-pyrrole nitrogens is 1. The summed E-state index contributed by atoms with van der Waals surface area (Å²) < 4.78 is 37.4. The number of sulfone groups is 1. The number of hydrogen-bond acceptors (Lipinski definition) is 11. The minimum absolute atomic E-state index is 0.0604. The van der Waals surface area contributed by atoms with Crippen molar-refractivity contribution in [3.8, 4) is 0 Å². The maximum Gasteiger partial charge on any atom is 0.339 e. The third-order valence-corrected chi connectivity index (χ3v) is 8.29. The minimum atomic E-state index is -3.94. The van der Waals surface area contributed by atoms with Gasteiger partial charge in [-0.15, -0.1) is 0 Å². The monoisotopic (exact) mass is 545 g/mol. The van der Waals surface area contributed by atoms with Gasteiger partial charge in [-0.1, -0.05) is 11.8 Å². The van der Waals surface area contributed by atoms with Gasteiger partial charge in [0.15, 0.2) is 26.5 Å². The zero-order valence-corrected chi connectivity index (χ0v) is 22.2. The van der Waals surface area contributed by atoms with Gasteiger partial charge in [-0.3, -0.25) is 38.7 Å². The summed E-state index contributed by atoms with van der Waals surface area (Å²) in [4.78, 5) is 67.1. The lowest BCUT2D eigenvalue weighted by molar-refractivity contribution is -0.162. The third kappa shape index (κ3) is 5.39. The van der Waals surface area contributed by atoms with Crippen LogP contribution in [0.25, 0.3) is 0 Å². The average molecular weight is 546 g/mol. The van der Waals surface area contributed by atoms with Crippen LogP contribution >= 0.6 is 11.8 Å². The number of thioether (sulfide) groups is 1. The molecule has 3 rings (SSSR count). The number of aryl methyl sites for hydroxylation is 1. The van der Waals surface area contributed by atoms with Crippen LogP contribution in [0.5, 0.6) is 0 Å². The van der Waals surface area contributed by atoms with E-state index in [1.165, 1.54) is 25.9 Å². The molecule has 2 amide bonds. The van der Waals surface area contributed by atoms with Gasteiger partial charge in [0.05, 0.1) is 5.75 Å². The maximum absolute atomic E-state index is 13.4. The Morgan fingerprint density at radius 3 is 2.47 bits per heavy atom.